The zero-order valence-electron chi connectivity index (χ0n) is 11.2. The molecule has 0 saturated heterocycles. The molecule has 1 aromatic carbocycles. The van der Waals surface area contributed by atoms with Gasteiger partial charge in [0, 0.05) is 0 Å². The molecule has 6 heteroatoms. The third-order valence-corrected chi connectivity index (χ3v) is 3.41. The lowest BCUT2D eigenvalue weighted by molar-refractivity contribution is -0.122. The van der Waals surface area contributed by atoms with Gasteiger partial charge in [0.15, 0.2) is 6.10 Å². The van der Waals surface area contributed by atoms with E-state index in [1.54, 1.807) is 6.92 Å². The summed E-state index contributed by atoms with van der Waals surface area (Å²) in [7, 11) is 0. The van der Waals surface area contributed by atoms with Gasteiger partial charge in [-0.1, -0.05) is 6.07 Å². The van der Waals surface area contributed by atoms with Gasteiger partial charge in [-0.05, 0) is 49.4 Å². The first-order valence-electron chi connectivity index (χ1n) is 6.67. The molecule has 1 amide bonds. The van der Waals surface area contributed by atoms with Gasteiger partial charge in [-0.2, -0.15) is 10.1 Å². The highest BCUT2D eigenvalue weighted by atomic mass is 16.5. The molecule has 0 bridgehead atoms. The molecule has 0 saturated carbocycles. The Balaban J connectivity index is 1.63. The molecule has 3 rings (SSSR count). The SMILES string of the molecule is C[C@H](Oc1ccc2c(c1)CCC2)C(=O)Nc1ncn[nH]1. The van der Waals surface area contributed by atoms with Gasteiger partial charge < -0.3 is 4.74 Å². The van der Waals surface area contributed by atoms with Crippen LogP contribution in [0, 0.1) is 0 Å². The van der Waals surface area contributed by atoms with Crippen LogP contribution in [0.4, 0.5) is 5.95 Å². The van der Waals surface area contributed by atoms with Crippen LogP contribution < -0.4 is 10.1 Å². The second-order valence-electron chi connectivity index (χ2n) is 4.87. The van der Waals surface area contributed by atoms with Crippen molar-refractivity contribution in [3.8, 4) is 5.75 Å². The highest BCUT2D eigenvalue weighted by molar-refractivity contribution is 5.92. The molecule has 1 atom stereocenters. The van der Waals surface area contributed by atoms with Crippen molar-refractivity contribution in [2.45, 2.75) is 32.3 Å². The summed E-state index contributed by atoms with van der Waals surface area (Å²) in [4.78, 5) is 15.8. The molecule has 20 heavy (non-hydrogen) atoms. The highest BCUT2D eigenvalue weighted by Crippen LogP contribution is 2.26. The van der Waals surface area contributed by atoms with Gasteiger partial charge in [0.2, 0.25) is 5.95 Å². The van der Waals surface area contributed by atoms with Gasteiger partial charge in [-0.3, -0.25) is 10.1 Å². The zero-order chi connectivity index (χ0) is 13.9. The minimum absolute atomic E-state index is 0.262. The van der Waals surface area contributed by atoms with Crippen LogP contribution in [-0.2, 0) is 17.6 Å². The Morgan fingerprint density at radius 2 is 2.25 bits per heavy atom. The first-order valence-corrected chi connectivity index (χ1v) is 6.67. The van der Waals surface area contributed by atoms with Gasteiger partial charge in [-0.25, -0.2) is 5.10 Å². The van der Waals surface area contributed by atoms with Crippen molar-refractivity contribution in [1.29, 1.82) is 0 Å². The quantitative estimate of drug-likeness (QED) is 0.887. The third kappa shape index (κ3) is 2.64. The van der Waals surface area contributed by atoms with Crippen LogP contribution in [0.2, 0.25) is 0 Å². The number of amides is 1. The Hall–Kier alpha value is -2.37. The Labute approximate surface area is 116 Å². The maximum Gasteiger partial charge on any atom is 0.267 e. The Morgan fingerprint density at radius 3 is 3.05 bits per heavy atom. The molecule has 0 spiro atoms. The van der Waals surface area contributed by atoms with Crippen LogP contribution >= 0.6 is 0 Å². The standard InChI is InChI=1S/C14H16N4O2/c1-9(13(19)17-14-15-8-16-18-14)20-12-6-5-10-3-2-4-11(10)7-12/h5-9H,2-4H2,1H3,(H2,15,16,17,18,19)/t9-/m0/s1. The highest BCUT2D eigenvalue weighted by Gasteiger charge is 2.17. The van der Waals surface area contributed by atoms with Crippen LogP contribution in [0.1, 0.15) is 24.5 Å². The maximum absolute atomic E-state index is 11.9. The first kappa shape index (κ1) is 12.7. The van der Waals surface area contributed by atoms with Gasteiger partial charge in [0.05, 0.1) is 0 Å². The number of aromatic nitrogens is 3. The molecule has 0 unspecified atom stereocenters. The largest absolute Gasteiger partial charge is 0.481 e. The van der Waals surface area contributed by atoms with E-state index in [-0.39, 0.29) is 5.91 Å². The number of carbonyl (C=O) groups excluding carboxylic acids is 1. The fourth-order valence-electron chi connectivity index (χ4n) is 2.36. The van der Waals surface area contributed by atoms with E-state index >= 15 is 0 Å². The average molecular weight is 272 g/mol. The molecular formula is C14H16N4O2. The van der Waals surface area contributed by atoms with Crippen LogP contribution in [0.5, 0.6) is 5.75 Å². The number of hydrogen-bond donors (Lipinski definition) is 2. The minimum atomic E-state index is -0.598. The summed E-state index contributed by atoms with van der Waals surface area (Å²) in [5.41, 5.74) is 2.71. The monoisotopic (exact) mass is 272 g/mol. The molecule has 1 heterocycles. The van der Waals surface area contributed by atoms with Crippen molar-refractivity contribution in [3.63, 3.8) is 0 Å². The molecule has 1 aliphatic carbocycles. The summed E-state index contributed by atoms with van der Waals surface area (Å²) in [6.45, 7) is 1.71. The van der Waals surface area contributed by atoms with E-state index in [9.17, 15) is 4.79 Å². The molecule has 2 N–H and O–H groups in total. The summed E-state index contributed by atoms with van der Waals surface area (Å²) >= 11 is 0. The molecule has 6 nitrogen and oxygen atoms in total. The van der Waals surface area contributed by atoms with Crippen molar-refractivity contribution in [1.82, 2.24) is 15.2 Å². The number of aryl methyl sites for hydroxylation is 2. The molecule has 104 valence electrons. The number of carbonyl (C=O) groups is 1. The number of benzene rings is 1. The molecule has 1 aromatic heterocycles. The summed E-state index contributed by atoms with van der Waals surface area (Å²) in [6.07, 6.45) is 4.16. The van der Waals surface area contributed by atoms with E-state index in [4.69, 9.17) is 4.74 Å². The first-order chi connectivity index (χ1) is 9.72. The number of nitrogens with zero attached hydrogens (tertiary/aromatic N) is 2. The molecule has 0 radical (unpaired) electrons. The molecule has 1 aliphatic rings. The summed E-state index contributed by atoms with van der Waals surface area (Å²) < 4.78 is 5.68. The maximum atomic E-state index is 11.9. The van der Waals surface area contributed by atoms with Crippen LogP contribution in [0.15, 0.2) is 24.5 Å². The van der Waals surface area contributed by atoms with Gasteiger partial charge in [-0.15, -0.1) is 0 Å². The molecular weight excluding hydrogens is 256 g/mol. The average Bonchev–Trinajstić information content (AvgIpc) is 3.08. The fraction of sp³-hybridized carbons (Fsp3) is 0.357. The molecule has 2 aromatic rings. The number of fused-ring (bicyclic) bond motifs is 1. The topological polar surface area (TPSA) is 79.9 Å². The van der Waals surface area contributed by atoms with Crippen molar-refractivity contribution in [2.75, 3.05) is 5.32 Å². The summed E-state index contributed by atoms with van der Waals surface area (Å²) in [6, 6.07) is 6.03. The van der Waals surface area contributed by atoms with E-state index in [1.807, 2.05) is 12.1 Å². The second-order valence-corrected chi connectivity index (χ2v) is 4.87. The predicted octanol–water partition coefficient (Wildman–Crippen LogP) is 1.70. The van der Waals surface area contributed by atoms with Gasteiger partial charge in [0.1, 0.15) is 12.1 Å². The van der Waals surface area contributed by atoms with E-state index < -0.39 is 6.10 Å². The van der Waals surface area contributed by atoms with E-state index in [1.165, 1.54) is 23.9 Å². The van der Waals surface area contributed by atoms with Crippen LogP contribution in [-0.4, -0.2) is 27.2 Å². The van der Waals surface area contributed by atoms with E-state index in [2.05, 4.69) is 26.6 Å². The minimum Gasteiger partial charge on any atom is -0.481 e. The van der Waals surface area contributed by atoms with E-state index in [0.717, 1.165) is 18.6 Å². The lowest BCUT2D eigenvalue weighted by Crippen LogP contribution is -2.30. The van der Waals surface area contributed by atoms with Crippen LogP contribution in [0.3, 0.4) is 0 Å². The zero-order valence-corrected chi connectivity index (χ0v) is 11.2. The second kappa shape index (κ2) is 5.32. The fourth-order valence-corrected chi connectivity index (χ4v) is 2.36. The molecule has 0 aliphatic heterocycles. The van der Waals surface area contributed by atoms with Crippen molar-refractivity contribution in [2.24, 2.45) is 0 Å². The van der Waals surface area contributed by atoms with Gasteiger partial charge in [0.25, 0.3) is 5.91 Å². The van der Waals surface area contributed by atoms with Crippen molar-refractivity contribution >= 4 is 11.9 Å². The Kier molecular flexibility index (Phi) is 3.37. The van der Waals surface area contributed by atoms with Crippen molar-refractivity contribution < 1.29 is 9.53 Å². The number of rotatable bonds is 4. The number of H-pyrrole nitrogens is 1. The third-order valence-electron chi connectivity index (χ3n) is 3.41. The van der Waals surface area contributed by atoms with Gasteiger partial charge >= 0.3 is 0 Å². The number of aromatic amines is 1. The Morgan fingerprint density at radius 1 is 1.40 bits per heavy atom. The lowest BCUT2D eigenvalue weighted by atomic mass is 10.1. The Bertz CT molecular complexity index is 610. The number of hydrogen-bond acceptors (Lipinski definition) is 4. The number of anilines is 1. The predicted molar refractivity (Wildman–Crippen MR) is 73.6 cm³/mol. The number of nitrogens with one attached hydrogen (secondary N) is 2. The normalized spacial score (nSPS) is 14.7. The van der Waals surface area contributed by atoms with Crippen molar-refractivity contribution in [3.05, 3.63) is 35.7 Å². The summed E-state index contributed by atoms with van der Waals surface area (Å²) in [5, 5.41) is 8.84. The van der Waals surface area contributed by atoms with E-state index in [0.29, 0.717) is 5.95 Å². The summed E-state index contributed by atoms with van der Waals surface area (Å²) in [5.74, 6) is 0.785. The smallest absolute Gasteiger partial charge is 0.267 e. The molecule has 0 fully saturated rings. The number of ether oxygens (including phenoxy) is 1. The van der Waals surface area contributed by atoms with Crippen LogP contribution in [0.25, 0.3) is 0 Å². The lowest BCUT2D eigenvalue weighted by Gasteiger charge is -2.14.